The molecule has 17 heavy (non-hydrogen) atoms. The van der Waals surface area contributed by atoms with Gasteiger partial charge >= 0.3 is 12.0 Å². The lowest BCUT2D eigenvalue weighted by Crippen LogP contribution is -2.44. The van der Waals surface area contributed by atoms with Crippen molar-refractivity contribution in [3.63, 3.8) is 0 Å². The van der Waals surface area contributed by atoms with Gasteiger partial charge in [-0.15, -0.1) is 0 Å². The molecule has 0 unspecified atom stereocenters. The third-order valence-corrected chi connectivity index (χ3v) is 2.29. The van der Waals surface area contributed by atoms with Crippen molar-refractivity contribution in [2.45, 2.75) is 34.1 Å². The van der Waals surface area contributed by atoms with E-state index in [9.17, 15) is 9.59 Å². The molecule has 1 N–H and O–H groups in total. The van der Waals surface area contributed by atoms with Crippen LogP contribution in [-0.2, 0) is 4.79 Å². The molecular weight excluding hydrogens is 220 g/mol. The fourth-order valence-corrected chi connectivity index (χ4v) is 1.64. The number of carbonyl (C=O) groups excluding carboxylic acids is 1. The molecule has 0 aliphatic heterocycles. The number of aliphatic carboxylic acids is 1. The molecule has 0 fully saturated rings. The van der Waals surface area contributed by atoms with Gasteiger partial charge in [-0.1, -0.05) is 20.8 Å². The van der Waals surface area contributed by atoms with Gasteiger partial charge in [0.1, 0.15) is 0 Å². The van der Waals surface area contributed by atoms with Crippen molar-refractivity contribution in [2.75, 3.05) is 26.7 Å². The molecule has 0 saturated carbocycles. The van der Waals surface area contributed by atoms with Gasteiger partial charge < -0.3 is 14.9 Å². The van der Waals surface area contributed by atoms with E-state index in [0.717, 1.165) is 0 Å². The summed E-state index contributed by atoms with van der Waals surface area (Å²) in [6, 6.07) is -0.108. The molecule has 0 aliphatic rings. The predicted octanol–water partition coefficient (Wildman–Crippen LogP) is 1.88. The molecular formula is C12H24N2O3. The third kappa shape index (κ3) is 6.81. The Morgan fingerprint density at radius 1 is 1.24 bits per heavy atom. The minimum atomic E-state index is -0.880. The van der Waals surface area contributed by atoms with Crippen LogP contribution in [0.25, 0.3) is 0 Å². The Morgan fingerprint density at radius 3 is 2.12 bits per heavy atom. The zero-order valence-electron chi connectivity index (χ0n) is 11.5. The molecule has 0 aromatic heterocycles. The van der Waals surface area contributed by atoms with Crippen LogP contribution in [0.4, 0.5) is 4.79 Å². The van der Waals surface area contributed by atoms with Crippen LogP contribution in [0.3, 0.4) is 0 Å². The lowest BCUT2D eigenvalue weighted by molar-refractivity contribution is -0.137. The number of hydrogen-bond acceptors (Lipinski definition) is 2. The SMILES string of the molecule is CCN(CCC(=O)O)C(=O)N(C)CC(C)(C)C. The summed E-state index contributed by atoms with van der Waals surface area (Å²) < 4.78 is 0. The van der Waals surface area contributed by atoms with Gasteiger partial charge in [0.2, 0.25) is 0 Å². The van der Waals surface area contributed by atoms with E-state index in [-0.39, 0.29) is 24.4 Å². The monoisotopic (exact) mass is 244 g/mol. The molecule has 0 saturated heterocycles. The maximum absolute atomic E-state index is 12.0. The van der Waals surface area contributed by atoms with Crippen molar-refractivity contribution in [3.8, 4) is 0 Å². The quantitative estimate of drug-likeness (QED) is 0.803. The Kier molecular flexibility index (Phi) is 5.99. The van der Waals surface area contributed by atoms with Crippen molar-refractivity contribution in [3.05, 3.63) is 0 Å². The predicted molar refractivity (Wildman–Crippen MR) is 67.0 cm³/mol. The molecule has 0 aromatic rings. The first-order chi connectivity index (χ1) is 7.67. The number of hydrogen-bond donors (Lipinski definition) is 1. The van der Waals surface area contributed by atoms with Gasteiger partial charge in [-0.2, -0.15) is 0 Å². The molecule has 0 atom stereocenters. The molecule has 0 aliphatic carbocycles. The Morgan fingerprint density at radius 2 is 1.76 bits per heavy atom. The molecule has 0 radical (unpaired) electrons. The molecule has 0 heterocycles. The lowest BCUT2D eigenvalue weighted by atomic mass is 9.96. The summed E-state index contributed by atoms with van der Waals surface area (Å²) >= 11 is 0. The first-order valence-electron chi connectivity index (χ1n) is 5.89. The number of nitrogens with zero attached hydrogens (tertiary/aromatic N) is 2. The summed E-state index contributed by atoms with van der Waals surface area (Å²) in [6.07, 6.45) is -0.0110. The summed E-state index contributed by atoms with van der Waals surface area (Å²) in [5.74, 6) is -0.880. The van der Waals surface area contributed by atoms with Gasteiger partial charge in [-0.25, -0.2) is 4.79 Å². The highest BCUT2D eigenvalue weighted by molar-refractivity contribution is 5.75. The average molecular weight is 244 g/mol. The highest BCUT2D eigenvalue weighted by Crippen LogP contribution is 2.15. The zero-order chi connectivity index (χ0) is 13.6. The number of carboxylic acid groups (broad SMARTS) is 1. The van der Waals surface area contributed by atoms with Crippen LogP contribution in [0.1, 0.15) is 34.1 Å². The summed E-state index contributed by atoms with van der Waals surface area (Å²) in [4.78, 5) is 25.7. The Bertz CT molecular complexity index is 271. The maximum Gasteiger partial charge on any atom is 0.319 e. The molecule has 0 bridgehead atoms. The first-order valence-corrected chi connectivity index (χ1v) is 5.89. The van der Waals surface area contributed by atoms with Crippen molar-refractivity contribution < 1.29 is 14.7 Å². The average Bonchev–Trinajstić information content (AvgIpc) is 2.15. The van der Waals surface area contributed by atoms with E-state index >= 15 is 0 Å². The van der Waals surface area contributed by atoms with Gasteiger partial charge in [0.15, 0.2) is 0 Å². The number of rotatable bonds is 5. The second-order valence-electron chi connectivity index (χ2n) is 5.42. The highest BCUT2D eigenvalue weighted by atomic mass is 16.4. The van der Waals surface area contributed by atoms with Crippen molar-refractivity contribution >= 4 is 12.0 Å². The van der Waals surface area contributed by atoms with Crippen LogP contribution in [0, 0.1) is 5.41 Å². The van der Waals surface area contributed by atoms with Crippen molar-refractivity contribution in [1.82, 2.24) is 9.80 Å². The lowest BCUT2D eigenvalue weighted by Gasteiger charge is -2.31. The van der Waals surface area contributed by atoms with Gasteiger partial charge in [-0.05, 0) is 12.3 Å². The molecule has 0 rings (SSSR count). The van der Waals surface area contributed by atoms with E-state index in [4.69, 9.17) is 5.11 Å². The van der Waals surface area contributed by atoms with E-state index in [0.29, 0.717) is 13.1 Å². The Labute approximate surface area is 103 Å². The van der Waals surface area contributed by atoms with E-state index in [1.165, 1.54) is 0 Å². The van der Waals surface area contributed by atoms with Gasteiger partial charge in [0.25, 0.3) is 0 Å². The molecule has 0 aromatic carbocycles. The van der Waals surface area contributed by atoms with Crippen LogP contribution >= 0.6 is 0 Å². The normalized spacial score (nSPS) is 11.1. The topological polar surface area (TPSA) is 60.9 Å². The highest BCUT2D eigenvalue weighted by Gasteiger charge is 2.21. The zero-order valence-corrected chi connectivity index (χ0v) is 11.5. The number of amides is 2. The van der Waals surface area contributed by atoms with Crippen molar-refractivity contribution in [2.24, 2.45) is 5.41 Å². The second kappa shape index (κ2) is 6.47. The van der Waals surface area contributed by atoms with Crippen molar-refractivity contribution in [1.29, 1.82) is 0 Å². The summed E-state index contributed by atoms with van der Waals surface area (Å²) in [7, 11) is 1.75. The Hall–Kier alpha value is -1.26. The van der Waals surface area contributed by atoms with Gasteiger partial charge in [0, 0.05) is 26.7 Å². The number of carboxylic acids is 1. The molecule has 2 amide bonds. The minimum Gasteiger partial charge on any atom is -0.481 e. The minimum absolute atomic E-state index is 0.0110. The van der Waals surface area contributed by atoms with Gasteiger partial charge in [0.05, 0.1) is 6.42 Å². The third-order valence-electron chi connectivity index (χ3n) is 2.29. The van der Waals surface area contributed by atoms with E-state index in [1.807, 2.05) is 6.92 Å². The smallest absolute Gasteiger partial charge is 0.319 e. The summed E-state index contributed by atoms with van der Waals surface area (Å²) in [5.41, 5.74) is 0.0383. The van der Waals surface area contributed by atoms with Crippen LogP contribution in [0.2, 0.25) is 0 Å². The van der Waals surface area contributed by atoms with E-state index in [1.54, 1.807) is 16.8 Å². The summed E-state index contributed by atoms with van der Waals surface area (Å²) in [6.45, 7) is 9.47. The van der Waals surface area contributed by atoms with Crippen LogP contribution in [0.15, 0.2) is 0 Å². The van der Waals surface area contributed by atoms with Crippen LogP contribution < -0.4 is 0 Å². The van der Waals surface area contributed by atoms with E-state index < -0.39 is 5.97 Å². The molecule has 0 spiro atoms. The molecule has 100 valence electrons. The van der Waals surface area contributed by atoms with E-state index in [2.05, 4.69) is 20.8 Å². The van der Waals surface area contributed by atoms with Crippen LogP contribution in [0.5, 0.6) is 0 Å². The number of carbonyl (C=O) groups is 2. The summed E-state index contributed by atoms with van der Waals surface area (Å²) in [5, 5.41) is 8.61. The standard InChI is InChI=1S/C12H24N2O3/c1-6-14(8-7-10(15)16)11(17)13(5)9-12(2,3)4/h6-9H2,1-5H3,(H,15,16). The van der Waals surface area contributed by atoms with Gasteiger partial charge in [-0.3, -0.25) is 4.79 Å². The Balaban J connectivity index is 4.37. The fourth-order valence-electron chi connectivity index (χ4n) is 1.64. The van der Waals surface area contributed by atoms with Crippen LogP contribution in [-0.4, -0.2) is 53.6 Å². The number of urea groups is 1. The molecule has 5 heteroatoms. The largest absolute Gasteiger partial charge is 0.481 e. The fraction of sp³-hybridized carbons (Fsp3) is 0.833. The molecule has 5 nitrogen and oxygen atoms in total. The first kappa shape index (κ1) is 15.7. The second-order valence-corrected chi connectivity index (χ2v) is 5.42. The maximum atomic E-state index is 12.0.